The summed E-state index contributed by atoms with van der Waals surface area (Å²) < 4.78 is 13.3. The van der Waals surface area contributed by atoms with Crippen molar-refractivity contribution in [3.8, 4) is 0 Å². The quantitative estimate of drug-likeness (QED) is 0.823. The van der Waals surface area contributed by atoms with Gasteiger partial charge >= 0.3 is 0 Å². The molecule has 0 bridgehead atoms. The molecule has 1 aromatic heterocycles. The van der Waals surface area contributed by atoms with Crippen LogP contribution in [0.5, 0.6) is 0 Å². The summed E-state index contributed by atoms with van der Waals surface area (Å²) in [4.78, 5) is 20.4. The molecule has 2 aromatic rings. The molecule has 1 unspecified atom stereocenters. The largest absolute Gasteiger partial charge is 0.357 e. The second kappa shape index (κ2) is 9.15. The van der Waals surface area contributed by atoms with E-state index in [1.807, 2.05) is 0 Å². The molecule has 2 aliphatic heterocycles. The van der Waals surface area contributed by atoms with Crippen LogP contribution in [0.2, 0.25) is 0 Å². The highest BCUT2D eigenvalue weighted by Crippen LogP contribution is 2.15. The summed E-state index contributed by atoms with van der Waals surface area (Å²) in [6.07, 6.45) is 1.24. The number of hydrogen-bond donors (Lipinski definition) is 2. The first-order valence-corrected chi connectivity index (χ1v) is 8.67. The Kier molecular flexibility index (Phi) is 7.43. The van der Waals surface area contributed by atoms with Gasteiger partial charge in [0, 0.05) is 68.0 Å². The first-order valence-electron chi connectivity index (χ1n) is 8.67. The number of rotatable bonds is 3. The fourth-order valence-electron chi connectivity index (χ4n) is 3.84. The normalized spacial score (nSPS) is 21.3. The fourth-order valence-corrected chi connectivity index (χ4v) is 3.84. The molecule has 26 heavy (non-hydrogen) atoms. The van der Waals surface area contributed by atoms with Gasteiger partial charge in [0.05, 0.1) is 0 Å². The molecular formula is C18H25Cl2FN4O. The number of H-pyrrole nitrogens is 1. The van der Waals surface area contributed by atoms with Crippen LogP contribution in [0, 0.1) is 5.82 Å². The lowest BCUT2D eigenvalue weighted by Crippen LogP contribution is -2.50. The number of fused-ring (bicyclic) bond motifs is 1. The van der Waals surface area contributed by atoms with Crippen LogP contribution in [-0.2, 0) is 6.54 Å². The zero-order valence-electron chi connectivity index (χ0n) is 14.5. The molecule has 0 radical (unpaired) electrons. The number of hydrogen-bond acceptors (Lipinski definition) is 4. The molecule has 2 fully saturated rings. The lowest BCUT2D eigenvalue weighted by molar-refractivity contribution is 0.0974. The lowest BCUT2D eigenvalue weighted by atomic mass is 10.1. The van der Waals surface area contributed by atoms with Gasteiger partial charge in [0.15, 0.2) is 5.43 Å². The van der Waals surface area contributed by atoms with Crippen molar-refractivity contribution in [3.63, 3.8) is 0 Å². The monoisotopic (exact) mass is 402 g/mol. The Morgan fingerprint density at radius 3 is 2.58 bits per heavy atom. The predicted octanol–water partition coefficient (Wildman–Crippen LogP) is 1.99. The van der Waals surface area contributed by atoms with Crippen molar-refractivity contribution in [1.82, 2.24) is 20.1 Å². The summed E-state index contributed by atoms with van der Waals surface area (Å²) in [5.74, 6) is -0.377. The summed E-state index contributed by atoms with van der Waals surface area (Å²) >= 11 is 0. The number of piperazine rings is 1. The van der Waals surface area contributed by atoms with Crippen molar-refractivity contribution in [2.75, 3.05) is 39.3 Å². The molecule has 2 N–H and O–H groups in total. The molecular weight excluding hydrogens is 378 g/mol. The summed E-state index contributed by atoms with van der Waals surface area (Å²) in [7, 11) is 0. The van der Waals surface area contributed by atoms with E-state index in [1.165, 1.54) is 18.6 Å². The minimum atomic E-state index is -0.377. The van der Waals surface area contributed by atoms with E-state index in [-0.39, 0.29) is 36.1 Å². The number of nitrogens with one attached hydrogen (secondary N) is 2. The SMILES string of the molecule is Cl.Cl.O=c1cc(CN2CCN(C3CCNC3)CC2)[nH]c2ccc(F)cc12. The van der Waals surface area contributed by atoms with E-state index in [9.17, 15) is 9.18 Å². The highest BCUT2D eigenvalue weighted by Gasteiger charge is 2.26. The van der Waals surface area contributed by atoms with Crippen molar-refractivity contribution < 1.29 is 4.39 Å². The Labute approximate surface area is 164 Å². The predicted molar refractivity (Wildman–Crippen MR) is 107 cm³/mol. The molecule has 3 heterocycles. The van der Waals surface area contributed by atoms with Gasteiger partial charge in [-0.1, -0.05) is 0 Å². The van der Waals surface area contributed by atoms with Gasteiger partial charge in [-0.3, -0.25) is 14.6 Å². The zero-order valence-corrected chi connectivity index (χ0v) is 16.2. The van der Waals surface area contributed by atoms with Gasteiger partial charge in [0.25, 0.3) is 0 Å². The van der Waals surface area contributed by atoms with Crippen LogP contribution in [0.1, 0.15) is 12.1 Å². The average Bonchev–Trinajstić information content (AvgIpc) is 3.11. The maximum absolute atomic E-state index is 13.3. The van der Waals surface area contributed by atoms with Crippen LogP contribution in [0.3, 0.4) is 0 Å². The first kappa shape index (κ1) is 21.1. The number of aromatic nitrogens is 1. The molecule has 2 saturated heterocycles. The van der Waals surface area contributed by atoms with E-state index in [0.717, 1.165) is 51.5 Å². The van der Waals surface area contributed by atoms with Crippen LogP contribution in [0.25, 0.3) is 10.9 Å². The van der Waals surface area contributed by atoms with E-state index < -0.39 is 0 Å². The van der Waals surface area contributed by atoms with E-state index in [0.29, 0.717) is 16.9 Å². The average molecular weight is 403 g/mol. The summed E-state index contributed by atoms with van der Waals surface area (Å²) in [5.41, 5.74) is 1.48. The smallest absolute Gasteiger partial charge is 0.189 e. The molecule has 1 aromatic carbocycles. The van der Waals surface area contributed by atoms with E-state index in [1.54, 1.807) is 12.1 Å². The van der Waals surface area contributed by atoms with Gasteiger partial charge in [-0.25, -0.2) is 4.39 Å². The van der Waals surface area contributed by atoms with E-state index in [2.05, 4.69) is 20.1 Å². The molecule has 1 atom stereocenters. The number of pyridine rings is 1. The topological polar surface area (TPSA) is 51.4 Å². The van der Waals surface area contributed by atoms with Crippen LogP contribution in [-0.4, -0.2) is 60.1 Å². The Morgan fingerprint density at radius 1 is 1.12 bits per heavy atom. The molecule has 0 saturated carbocycles. The maximum atomic E-state index is 13.3. The second-order valence-electron chi connectivity index (χ2n) is 6.81. The van der Waals surface area contributed by atoms with Crippen molar-refractivity contribution in [3.05, 3.63) is 46.0 Å². The molecule has 0 spiro atoms. The van der Waals surface area contributed by atoms with Crippen molar-refractivity contribution in [2.24, 2.45) is 0 Å². The Hall–Kier alpha value is -1.18. The second-order valence-corrected chi connectivity index (χ2v) is 6.81. The number of nitrogens with zero attached hydrogens (tertiary/aromatic N) is 2. The van der Waals surface area contributed by atoms with Gasteiger partial charge in [-0.2, -0.15) is 0 Å². The molecule has 5 nitrogen and oxygen atoms in total. The van der Waals surface area contributed by atoms with Gasteiger partial charge in [0.2, 0.25) is 0 Å². The van der Waals surface area contributed by atoms with E-state index >= 15 is 0 Å². The third-order valence-corrected chi connectivity index (χ3v) is 5.20. The Bertz CT molecular complexity index is 786. The van der Waals surface area contributed by atoms with Gasteiger partial charge in [-0.05, 0) is 31.2 Å². The fraction of sp³-hybridized carbons (Fsp3) is 0.500. The van der Waals surface area contributed by atoms with Crippen molar-refractivity contribution in [1.29, 1.82) is 0 Å². The van der Waals surface area contributed by atoms with Crippen LogP contribution in [0.15, 0.2) is 29.1 Å². The highest BCUT2D eigenvalue weighted by atomic mass is 35.5. The van der Waals surface area contributed by atoms with Crippen molar-refractivity contribution >= 4 is 35.7 Å². The first-order chi connectivity index (χ1) is 11.7. The van der Waals surface area contributed by atoms with Gasteiger partial charge in [0.1, 0.15) is 5.82 Å². The summed E-state index contributed by atoms with van der Waals surface area (Å²) in [6, 6.07) is 6.61. The maximum Gasteiger partial charge on any atom is 0.189 e. The molecule has 144 valence electrons. The molecule has 0 amide bonds. The third-order valence-electron chi connectivity index (χ3n) is 5.20. The van der Waals surface area contributed by atoms with Crippen LogP contribution >= 0.6 is 24.8 Å². The molecule has 8 heteroatoms. The summed E-state index contributed by atoms with van der Waals surface area (Å²) in [5, 5.41) is 3.84. The lowest BCUT2D eigenvalue weighted by Gasteiger charge is -2.37. The third kappa shape index (κ3) is 4.56. The Balaban J connectivity index is 0.00000121. The van der Waals surface area contributed by atoms with Gasteiger partial charge in [-0.15, -0.1) is 24.8 Å². The molecule has 2 aliphatic rings. The zero-order chi connectivity index (χ0) is 16.5. The van der Waals surface area contributed by atoms with Crippen molar-refractivity contribution in [2.45, 2.75) is 19.0 Å². The molecule has 4 rings (SSSR count). The van der Waals surface area contributed by atoms with E-state index in [4.69, 9.17) is 0 Å². The van der Waals surface area contributed by atoms with Gasteiger partial charge < -0.3 is 10.3 Å². The minimum absolute atomic E-state index is 0. The Morgan fingerprint density at radius 2 is 1.88 bits per heavy atom. The summed E-state index contributed by atoms with van der Waals surface area (Å²) in [6.45, 7) is 7.16. The minimum Gasteiger partial charge on any atom is -0.357 e. The van der Waals surface area contributed by atoms with Crippen LogP contribution < -0.4 is 10.7 Å². The number of halogens is 3. The number of aromatic amines is 1. The highest BCUT2D eigenvalue weighted by molar-refractivity contribution is 5.85. The standard InChI is InChI=1S/C18H23FN4O.2ClH/c19-13-1-2-17-16(9-13)18(24)10-14(21-17)12-22-5-7-23(8-6-22)15-3-4-20-11-15;;/h1-2,9-10,15,20H,3-8,11-12H2,(H,21,24);2*1H. The van der Waals surface area contributed by atoms with Crippen LogP contribution in [0.4, 0.5) is 4.39 Å². The molecule has 0 aliphatic carbocycles. The number of benzene rings is 1.